The van der Waals surface area contributed by atoms with Crippen LogP contribution in [0.15, 0.2) is 6.20 Å². The lowest BCUT2D eigenvalue weighted by Crippen LogP contribution is -2.19. The van der Waals surface area contributed by atoms with Crippen molar-refractivity contribution in [2.45, 2.75) is 32.6 Å². The van der Waals surface area contributed by atoms with Crippen LogP contribution in [0.5, 0.6) is 0 Å². The van der Waals surface area contributed by atoms with Crippen molar-refractivity contribution >= 4 is 18.2 Å². The average molecular weight is 226 g/mol. The maximum absolute atomic E-state index is 10.7. The van der Waals surface area contributed by atoms with E-state index >= 15 is 0 Å². The number of hydrogen-bond donors (Lipinski definition) is 2. The number of hydrogen-bond acceptors (Lipinski definition) is 3. The zero-order chi connectivity index (χ0) is 11.6. The minimum absolute atomic E-state index is 0.0360. The summed E-state index contributed by atoms with van der Waals surface area (Å²) in [4.78, 5) is 17.5. The number of rotatable bonds is 2. The molecular formula is C10H14N2O2S. The number of aliphatic carboxylic acids is 1. The van der Waals surface area contributed by atoms with Gasteiger partial charge in [-0.25, -0.2) is 4.98 Å². The highest BCUT2D eigenvalue weighted by Crippen LogP contribution is 2.23. The first-order valence-corrected chi connectivity index (χ1v) is 5.02. The molecular weight excluding hydrogens is 212 g/mol. The van der Waals surface area contributed by atoms with Crippen LogP contribution in [-0.4, -0.2) is 21.0 Å². The van der Waals surface area contributed by atoms with E-state index in [0.717, 1.165) is 5.69 Å². The van der Waals surface area contributed by atoms with Crippen molar-refractivity contribution in [3.8, 4) is 0 Å². The Morgan fingerprint density at radius 1 is 1.60 bits per heavy atom. The van der Waals surface area contributed by atoms with E-state index in [-0.39, 0.29) is 11.8 Å². The van der Waals surface area contributed by atoms with Gasteiger partial charge >= 0.3 is 5.97 Å². The molecule has 0 radical (unpaired) electrons. The van der Waals surface area contributed by atoms with Crippen molar-refractivity contribution in [1.82, 2.24) is 9.97 Å². The lowest BCUT2D eigenvalue weighted by Gasteiger charge is -2.21. The van der Waals surface area contributed by atoms with Crippen molar-refractivity contribution < 1.29 is 9.90 Å². The molecule has 1 aromatic heterocycles. The number of nitrogens with zero attached hydrogens (tertiary/aromatic N) is 1. The Morgan fingerprint density at radius 3 is 2.67 bits per heavy atom. The summed E-state index contributed by atoms with van der Waals surface area (Å²) in [5.74, 6) is -0.868. The summed E-state index contributed by atoms with van der Waals surface area (Å²) in [6, 6.07) is 0. The van der Waals surface area contributed by atoms with Crippen LogP contribution in [0.3, 0.4) is 0 Å². The monoisotopic (exact) mass is 226 g/mol. The third kappa shape index (κ3) is 3.13. The summed E-state index contributed by atoms with van der Waals surface area (Å²) in [6.45, 7) is 6.00. The van der Waals surface area contributed by atoms with Gasteiger partial charge in [0.05, 0.1) is 6.42 Å². The Labute approximate surface area is 93.4 Å². The van der Waals surface area contributed by atoms with Gasteiger partial charge in [-0.3, -0.25) is 4.79 Å². The van der Waals surface area contributed by atoms with E-state index in [1.165, 1.54) is 6.20 Å². The van der Waals surface area contributed by atoms with Gasteiger partial charge in [0.25, 0.3) is 0 Å². The molecule has 4 nitrogen and oxygen atoms in total. The van der Waals surface area contributed by atoms with Crippen LogP contribution in [0, 0.1) is 4.77 Å². The van der Waals surface area contributed by atoms with Gasteiger partial charge in [0.15, 0.2) is 4.77 Å². The van der Waals surface area contributed by atoms with Gasteiger partial charge in [0, 0.05) is 22.9 Å². The molecule has 1 aromatic rings. The normalized spacial score (nSPS) is 11.4. The summed E-state index contributed by atoms with van der Waals surface area (Å²) in [5.41, 5.74) is 1.36. The predicted molar refractivity (Wildman–Crippen MR) is 59.5 cm³/mol. The van der Waals surface area contributed by atoms with E-state index in [4.69, 9.17) is 17.3 Å². The fraction of sp³-hybridized carbons (Fsp3) is 0.500. The van der Waals surface area contributed by atoms with Crippen LogP contribution in [0.1, 0.15) is 32.0 Å². The summed E-state index contributed by atoms with van der Waals surface area (Å²) in [7, 11) is 0. The van der Waals surface area contributed by atoms with Gasteiger partial charge in [0.1, 0.15) is 0 Å². The molecule has 0 saturated carbocycles. The van der Waals surface area contributed by atoms with Crippen molar-refractivity contribution in [2.24, 2.45) is 0 Å². The zero-order valence-electron chi connectivity index (χ0n) is 9.00. The van der Waals surface area contributed by atoms with Gasteiger partial charge in [-0.05, 0) is 12.2 Å². The summed E-state index contributed by atoms with van der Waals surface area (Å²) >= 11 is 4.93. The maximum Gasteiger partial charge on any atom is 0.307 e. The fourth-order valence-corrected chi connectivity index (χ4v) is 1.54. The van der Waals surface area contributed by atoms with Gasteiger partial charge < -0.3 is 10.1 Å². The molecule has 0 aliphatic rings. The molecule has 1 rings (SSSR count). The molecule has 2 N–H and O–H groups in total. The first kappa shape index (κ1) is 11.8. The fourth-order valence-electron chi connectivity index (χ4n) is 1.39. The lowest BCUT2D eigenvalue weighted by molar-refractivity contribution is -0.136. The topological polar surface area (TPSA) is 66.0 Å². The Balaban J connectivity index is 3.27. The van der Waals surface area contributed by atoms with Crippen LogP contribution in [0.2, 0.25) is 0 Å². The molecule has 0 atom stereocenters. The molecule has 0 spiro atoms. The Kier molecular flexibility index (Phi) is 3.24. The molecule has 82 valence electrons. The van der Waals surface area contributed by atoms with Crippen LogP contribution < -0.4 is 0 Å². The third-order valence-electron chi connectivity index (χ3n) is 1.98. The SMILES string of the molecule is CC(C)(C)c1[nH]c(=S)ncc1CC(=O)O. The summed E-state index contributed by atoms with van der Waals surface area (Å²) in [6.07, 6.45) is 1.50. The van der Waals surface area contributed by atoms with E-state index in [0.29, 0.717) is 10.3 Å². The number of carbonyl (C=O) groups is 1. The lowest BCUT2D eigenvalue weighted by atomic mass is 9.88. The molecule has 0 saturated heterocycles. The molecule has 0 aromatic carbocycles. The second-order valence-electron chi connectivity index (χ2n) is 4.41. The first-order valence-electron chi connectivity index (χ1n) is 4.61. The predicted octanol–water partition coefficient (Wildman–Crippen LogP) is 2.06. The number of H-pyrrole nitrogens is 1. The number of carboxylic acid groups (broad SMARTS) is 1. The van der Waals surface area contributed by atoms with Crippen molar-refractivity contribution in [1.29, 1.82) is 0 Å². The second kappa shape index (κ2) is 4.10. The zero-order valence-corrected chi connectivity index (χ0v) is 9.81. The molecule has 0 amide bonds. The van der Waals surface area contributed by atoms with E-state index in [1.54, 1.807) is 0 Å². The maximum atomic E-state index is 10.7. The third-order valence-corrected chi connectivity index (χ3v) is 2.19. The Morgan fingerprint density at radius 2 is 2.20 bits per heavy atom. The van der Waals surface area contributed by atoms with E-state index < -0.39 is 5.97 Å². The highest BCUT2D eigenvalue weighted by molar-refractivity contribution is 7.71. The van der Waals surface area contributed by atoms with Crippen LogP contribution >= 0.6 is 12.2 Å². The van der Waals surface area contributed by atoms with Gasteiger partial charge in [-0.15, -0.1) is 0 Å². The van der Waals surface area contributed by atoms with Crippen LogP contribution in [0.4, 0.5) is 0 Å². The molecule has 0 aliphatic heterocycles. The molecule has 0 aliphatic carbocycles. The standard InChI is InChI=1S/C10H14N2O2S/c1-10(2,3)8-6(4-7(13)14)5-11-9(15)12-8/h5H,4H2,1-3H3,(H,13,14)(H,11,12,15). The van der Waals surface area contributed by atoms with Gasteiger partial charge in [-0.2, -0.15) is 0 Å². The minimum atomic E-state index is -0.868. The van der Waals surface area contributed by atoms with Gasteiger partial charge in [0.2, 0.25) is 0 Å². The summed E-state index contributed by atoms with van der Waals surface area (Å²) in [5, 5.41) is 8.76. The van der Waals surface area contributed by atoms with Crippen LogP contribution in [0.25, 0.3) is 0 Å². The van der Waals surface area contributed by atoms with Crippen molar-refractivity contribution in [3.05, 3.63) is 22.2 Å². The van der Waals surface area contributed by atoms with E-state index in [1.807, 2.05) is 20.8 Å². The molecule has 1 heterocycles. The quantitative estimate of drug-likeness (QED) is 0.757. The number of aromatic amines is 1. The van der Waals surface area contributed by atoms with E-state index in [9.17, 15) is 4.79 Å². The average Bonchev–Trinajstić information content (AvgIpc) is 2.05. The summed E-state index contributed by atoms with van der Waals surface area (Å²) < 4.78 is 0.383. The number of nitrogens with one attached hydrogen (secondary N) is 1. The van der Waals surface area contributed by atoms with Crippen molar-refractivity contribution in [3.63, 3.8) is 0 Å². The molecule has 15 heavy (non-hydrogen) atoms. The smallest absolute Gasteiger partial charge is 0.307 e. The number of aromatic nitrogens is 2. The molecule has 0 unspecified atom stereocenters. The molecule has 0 fully saturated rings. The van der Waals surface area contributed by atoms with E-state index in [2.05, 4.69) is 9.97 Å². The largest absolute Gasteiger partial charge is 0.481 e. The van der Waals surface area contributed by atoms with Crippen LogP contribution in [-0.2, 0) is 16.6 Å². The molecule has 5 heteroatoms. The Hall–Kier alpha value is -1.23. The highest BCUT2D eigenvalue weighted by atomic mass is 32.1. The second-order valence-corrected chi connectivity index (χ2v) is 4.80. The van der Waals surface area contributed by atoms with Crippen molar-refractivity contribution in [2.75, 3.05) is 0 Å². The minimum Gasteiger partial charge on any atom is -0.481 e. The number of carboxylic acids is 1. The molecule has 0 bridgehead atoms. The van der Waals surface area contributed by atoms with Gasteiger partial charge in [-0.1, -0.05) is 20.8 Å². The highest BCUT2D eigenvalue weighted by Gasteiger charge is 2.20. The Bertz CT molecular complexity index is 432. The first-order chi connectivity index (χ1) is 6.80.